The predicted molar refractivity (Wildman–Crippen MR) is 199 cm³/mol. The fourth-order valence-corrected chi connectivity index (χ4v) is 5.59. The fraction of sp³-hybridized carbons (Fsp3) is 0.756. The Balaban J connectivity index is 2.20. The van der Waals surface area contributed by atoms with Crippen LogP contribution in [0.15, 0.2) is 23.5 Å². The Labute approximate surface area is 330 Å². The Morgan fingerprint density at radius 2 is 1.07 bits per heavy atom. The van der Waals surface area contributed by atoms with E-state index in [1.54, 1.807) is 110 Å². The molecular formula is C41H62O15. The number of esters is 5. The molecule has 3 rings (SSSR count). The van der Waals surface area contributed by atoms with Crippen LogP contribution in [0.4, 0.5) is 0 Å². The van der Waals surface area contributed by atoms with Crippen LogP contribution in [0.2, 0.25) is 0 Å². The number of aliphatic carboxylic acids is 1. The molecule has 1 fully saturated rings. The zero-order chi connectivity index (χ0) is 42.9. The second kappa shape index (κ2) is 16.9. The fourth-order valence-electron chi connectivity index (χ4n) is 5.59. The summed E-state index contributed by atoms with van der Waals surface area (Å²) in [6.45, 7) is 23.9. The van der Waals surface area contributed by atoms with Crippen LogP contribution in [0.5, 0.6) is 0 Å². The van der Waals surface area contributed by atoms with Crippen LogP contribution in [0.25, 0.3) is 0 Å². The normalized spacial score (nSPS) is 27.1. The molecular weight excluding hydrogens is 732 g/mol. The molecule has 8 atom stereocenters. The van der Waals surface area contributed by atoms with Gasteiger partial charge in [0.15, 0.2) is 18.3 Å². The third-order valence-electron chi connectivity index (χ3n) is 9.16. The minimum Gasteiger partial charge on any atom is -0.478 e. The lowest BCUT2D eigenvalue weighted by atomic mass is 9.83. The molecule has 1 saturated heterocycles. The number of allylic oxidation sites excluding steroid dienone is 1. The van der Waals surface area contributed by atoms with Gasteiger partial charge in [-0.1, -0.05) is 6.08 Å². The van der Waals surface area contributed by atoms with E-state index in [0.29, 0.717) is 5.57 Å². The zero-order valence-electron chi connectivity index (χ0n) is 35.6. The third kappa shape index (κ3) is 11.5. The van der Waals surface area contributed by atoms with E-state index in [1.165, 1.54) is 0 Å². The lowest BCUT2D eigenvalue weighted by Gasteiger charge is -2.47. The zero-order valence-corrected chi connectivity index (χ0v) is 35.6. The summed E-state index contributed by atoms with van der Waals surface area (Å²) in [4.78, 5) is 79.0. The van der Waals surface area contributed by atoms with Crippen molar-refractivity contribution < 1.29 is 71.8 Å². The number of ether oxygens (including phenoxy) is 8. The Hall–Kier alpha value is -3.98. The molecule has 15 heteroatoms. The predicted octanol–water partition coefficient (Wildman–Crippen LogP) is 5.67. The van der Waals surface area contributed by atoms with Gasteiger partial charge in [0.1, 0.15) is 19.3 Å². The van der Waals surface area contributed by atoms with E-state index in [4.69, 9.17) is 37.9 Å². The second-order valence-electron chi connectivity index (χ2n) is 19.7. The summed E-state index contributed by atoms with van der Waals surface area (Å²) in [6.07, 6.45) is -5.92. The van der Waals surface area contributed by atoms with E-state index in [2.05, 4.69) is 0 Å². The molecule has 0 radical (unpaired) electrons. The first-order valence-electron chi connectivity index (χ1n) is 18.9. The maximum absolute atomic E-state index is 13.7. The highest BCUT2D eigenvalue weighted by molar-refractivity contribution is 5.87. The van der Waals surface area contributed by atoms with Crippen molar-refractivity contribution >= 4 is 35.8 Å². The van der Waals surface area contributed by atoms with Crippen molar-refractivity contribution in [2.24, 2.45) is 38.9 Å². The molecule has 1 aliphatic carbocycles. The number of carboxylic acid groups (broad SMARTS) is 1. The van der Waals surface area contributed by atoms with Crippen molar-refractivity contribution in [2.75, 3.05) is 13.2 Å². The summed E-state index contributed by atoms with van der Waals surface area (Å²) in [7, 11) is 0. The highest BCUT2D eigenvalue weighted by Gasteiger charge is 2.57. The van der Waals surface area contributed by atoms with Gasteiger partial charge in [0.2, 0.25) is 12.6 Å². The first-order chi connectivity index (χ1) is 25.3. The van der Waals surface area contributed by atoms with E-state index in [9.17, 15) is 33.9 Å². The minimum atomic E-state index is -1.65. The van der Waals surface area contributed by atoms with Crippen LogP contribution >= 0.6 is 0 Å². The molecule has 0 aromatic rings. The molecule has 0 aromatic heterocycles. The first kappa shape index (κ1) is 46.4. The maximum atomic E-state index is 13.7. The Morgan fingerprint density at radius 1 is 0.625 bits per heavy atom. The second-order valence-corrected chi connectivity index (χ2v) is 19.7. The van der Waals surface area contributed by atoms with Gasteiger partial charge < -0.3 is 43.0 Å². The van der Waals surface area contributed by atoms with Crippen LogP contribution in [0, 0.1) is 38.9 Å². The number of hydrogen-bond acceptors (Lipinski definition) is 14. The smallest absolute Gasteiger partial charge is 0.335 e. The molecule has 56 heavy (non-hydrogen) atoms. The summed E-state index contributed by atoms with van der Waals surface area (Å²) in [6, 6.07) is 0. The number of fused-ring (bicyclic) bond motifs is 1. The topological polar surface area (TPSA) is 196 Å². The number of rotatable bonds is 10. The van der Waals surface area contributed by atoms with Crippen molar-refractivity contribution in [1.82, 2.24) is 0 Å². The van der Waals surface area contributed by atoms with E-state index < -0.39 is 118 Å². The minimum absolute atomic E-state index is 0.0402. The van der Waals surface area contributed by atoms with E-state index in [-0.39, 0.29) is 18.6 Å². The van der Waals surface area contributed by atoms with E-state index in [1.807, 2.05) is 0 Å². The highest BCUT2D eigenvalue weighted by Crippen LogP contribution is 2.45. The molecule has 0 saturated carbocycles. The summed E-state index contributed by atoms with van der Waals surface area (Å²) in [5.41, 5.74) is -4.52. The summed E-state index contributed by atoms with van der Waals surface area (Å²) < 4.78 is 48.3. The summed E-state index contributed by atoms with van der Waals surface area (Å²) in [5, 5.41) is 10.0. The van der Waals surface area contributed by atoms with Crippen molar-refractivity contribution in [3.05, 3.63) is 23.5 Å². The third-order valence-corrected chi connectivity index (χ3v) is 9.16. The van der Waals surface area contributed by atoms with Crippen molar-refractivity contribution in [1.29, 1.82) is 0 Å². The SMILES string of the molecule is CC(C)(C)C(=O)OCC1=CC[C@@H]2C(C(=O)O)=CO[C@@H](O[C@@H]3O[C@H](COC(=O)C(C)(C)C)[C@@H](OC(=O)C(C)(C)C)[C@H](OC(=O)C(C)(C)C)[C@H]3OC(=O)C(C)(C)C)[C@H]12. The lowest BCUT2D eigenvalue weighted by molar-refractivity contribution is -0.344. The Bertz CT molecular complexity index is 1570. The molecule has 316 valence electrons. The molecule has 15 nitrogen and oxygen atoms in total. The van der Waals surface area contributed by atoms with Crippen molar-refractivity contribution in [2.45, 2.75) is 147 Å². The average molecular weight is 795 g/mol. The molecule has 0 spiro atoms. The van der Waals surface area contributed by atoms with Crippen molar-refractivity contribution in [3.63, 3.8) is 0 Å². The standard InChI is InChI=1S/C41H62O15/c1-37(2,3)32(44)50-18-21-16-17-22-23(29(42)43)19-49-30(25(21)22)56-31-28(55-36(48)41(13,14)15)27(54-35(47)40(10,11)12)26(53-34(46)39(7,8)9)24(52-31)20-51-33(45)38(4,5)6/h16,19,22,24-28,30-31H,17-18,20H2,1-15H3,(H,42,43)/t22-,24-,25-,26-,27+,28-,30+,31+/m1/s1. The lowest BCUT2D eigenvalue weighted by Crippen LogP contribution is -2.65. The van der Waals surface area contributed by atoms with Crippen LogP contribution < -0.4 is 0 Å². The van der Waals surface area contributed by atoms with Crippen LogP contribution in [0.3, 0.4) is 0 Å². The summed E-state index contributed by atoms with van der Waals surface area (Å²) >= 11 is 0. The van der Waals surface area contributed by atoms with Gasteiger partial charge in [-0.15, -0.1) is 0 Å². The first-order valence-corrected chi connectivity index (χ1v) is 18.9. The number of carboxylic acids is 1. The van der Waals surface area contributed by atoms with Crippen LogP contribution in [0.1, 0.15) is 110 Å². The van der Waals surface area contributed by atoms with Gasteiger partial charge >= 0.3 is 35.8 Å². The average Bonchev–Trinajstić information content (AvgIpc) is 3.46. The van der Waals surface area contributed by atoms with Crippen LogP contribution in [-0.2, 0) is 66.7 Å². The van der Waals surface area contributed by atoms with Gasteiger partial charge in [0, 0.05) is 5.92 Å². The molecule has 0 unspecified atom stereocenters. The highest BCUT2D eigenvalue weighted by atomic mass is 16.8. The molecule has 3 aliphatic rings. The van der Waals surface area contributed by atoms with Crippen molar-refractivity contribution in [3.8, 4) is 0 Å². The number of carbonyl (C=O) groups excluding carboxylic acids is 5. The van der Waals surface area contributed by atoms with E-state index >= 15 is 0 Å². The van der Waals surface area contributed by atoms with Gasteiger partial charge in [-0.25, -0.2) is 4.79 Å². The molecule has 0 amide bonds. The van der Waals surface area contributed by atoms with Gasteiger partial charge in [-0.3, -0.25) is 24.0 Å². The van der Waals surface area contributed by atoms with Gasteiger partial charge in [-0.2, -0.15) is 0 Å². The Kier molecular flexibility index (Phi) is 14.0. The van der Waals surface area contributed by atoms with Gasteiger partial charge in [-0.05, 0) is 116 Å². The number of carbonyl (C=O) groups is 6. The van der Waals surface area contributed by atoms with Gasteiger partial charge in [0.25, 0.3) is 0 Å². The number of hydrogen-bond donors (Lipinski definition) is 1. The van der Waals surface area contributed by atoms with E-state index in [0.717, 1.165) is 6.26 Å². The molecule has 1 N–H and O–H groups in total. The quantitative estimate of drug-likeness (QED) is 0.161. The van der Waals surface area contributed by atoms with Gasteiger partial charge in [0.05, 0.1) is 44.8 Å². The summed E-state index contributed by atoms with van der Waals surface area (Å²) in [5.74, 6) is -6.03. The maximum Gasteiger partial charge on any atom is 0.335 e. The molecule has 0 aromatic carbocycles. The monoisotopic (exact) mass is 794 g/mol. The molecule has 2 aliphatic heterocycles. The molecule has 2 heterocycles. The van der Waals surface area contributed by atoms with Crippen LogP contribution in [-0.4, -0.2) is 91.1 Å². The Morgan fingerprint density at radius 3 is 1.54 bits per heavy atom. The molecule has 0 bridgehead atoms. The largest absolute Gasteiger partial charge is 0.478 e.